The molecule has 2 heterocycles. The van der Waals surface area contributed by atoms with Crippen LogP contribution in [0, 0.1) is 0 Å². The van der Waals surface area contributed by atoms with E-state index < -0.39 is 0 Å². The number of hydrogen-bond acceptors (Lipinski definition) is 7. The number of aliphatic hydroxyl groups is 1. The van der Waals surface area contributed by atoms with Crippen molar-refractivity contribution < 1.29 is 19.4 Å². The molecule has 0 radical (unpaired) electrons. The second kappa shape index (κ2) is 10.8. The Morgan fingerprint density at radius 2 is 2.10 bits per heavy atom. The maximum absolute atomic E-state index is 12.7. The van der Waals surface area contributed by atoms with Gasteiger partial charge in [-0.3, -0.25) is 9.48 Å². The number of anilines is 1. The van der Waals surface area contributed by atoms with Crippen molar-refractivity contribution in [3.05, 3.63) is 53.3 Å². The van der Waals surface area contributed by atoms with Gasteiger partial charge in [0.2, 0.25) is 5.88 Å². The van der Waals surface area contributed by atoms with Crippen LogP contribution in [0.4, 0.5) is 5.69 Å². The van der Waals surface area contributed by atoms with Gasteiger partial charge in [0.1, 0.15) is 12.4 Å². The monoisotopic (exact) mass is 445 g/mol. The first-order valence-corrected chi connectivity index (χ1v) is 9.99. The number of rotatable bonds is 10. The van der Waals surface area contributed by atoms with E-state index in [0.29, 0.717) is 58.9 Å². The predicted molar refractivity (Wildman–Crippen MR) is 118 cm³/mol. The van der Waals surface area contributed by atoms with Gasteiger partial charge in [-0.05, 0) is 24.3 Å². The molecule has 3 aromatic rings. The molecule has 0 saturated heterocycles. The number of aliphatic hydroxyl groups excluding tert-OH is 1. The number of carbonyl (C=O) groups is 1. The summed E-state index contributed by atoms with van der Waals surface area (Å²) in [5.41, 5.74) is 2.14. The van der Waals surface area contributed by atoms with Gasteiger partial charge in [0, 0.05) is 25.7 Å². The van der Waals surface area contributed by atoms with Crippen molar-refractivity contribution in [2.45, 2.75) is 0 Å². The zero-order valence-corrected chi connectivity index (χ0v) is 18.0. The van der Waals surface area contributed by atoms with Gasteiger partial charge in [-0.25, -0.2) is 4.98 Å². The van der Waals surface area contributed by atoms with Crippen LogP contribution in [0.15, 0.2) is 42.7 Å². The minimum atomic E-state index is -0.301. The summed E-state index contributed by atoms with van der Waals surface area (Å²) < 4.78 is 12.6. The van der Waals surface area contributed by atoms with Gasteiger partial charge in [0.25, 0.3) is 5.91 Å². The van der Waals surface area contributed by atoms with Gasteiger partial charge in [0.15, 0.2) is 0 Å². The van der Waals surface area contributed by atoms with Crippen molar-refractivity contribution in [1.29, 1.82) is 0 Å². The van der Waals surface area contributed by atoms with Crippen molar-refractivity contribution in [2.24, 2.45) is 7.05 Å². The Balaban J connectivity index is 1.85. The van der Waals surface area contributed by atoms with E-state index in [1.807, 2.05) is 0 Å². The largest absolute Gasteiger partial charge is 0.497 e. The highest BCUT2D eigenvalue weighted by molar-refractivity contribution is 6.33. The van der Waals surface area contributed by atoms with E-state index in [1.165, 1.54) is 12.4 Å². The number of amides is 1. The van der Waals surface area contributed by atoms with E-state index in [2.05, 4.69) is 20.7 Å². The smallest absolute Gasteiger partial charge is 0.255 e. The lowest BCUT2D eigenvalue weighted by atomic mass is 10.1. The van der Waals surface area contributed by atoms with Crippen molar-refractivity contribution in [3.8, 4) is 22.9 Å². The Hall–Kier alpha value is -3.14. The number of nitrogens with zero attached hydrogens (tertiary/aromatic N) is 3. The molecule has 3 N–H and O–H groups in total. The molecule has 0 spiro atoms. The second-order valence-corrected chi connectivity index (χ2v) is 6.96. The first kappa shape index (κ1) is 22.5. The molecule has 0 fully saturated rings. The summed E-state index contributed by atoms with van der Waals surface area (Å²) in [5.74, 6) is 0.645. The van der Waals surface area contributed by atoms with Gasteiger partial charge in [-0.15, -0.1) is 0 Å². The third-order valence-electron chi connectivity index (χ3n) is 4.40. The minimum absolute atomic E-state index is 0.0514. The molecule has 2 aromatic heterocycles. The number of pyridine rings is 1. The van der Waals surface area contributed by atoms with Crippen LogP contribution in [0.3, 0.4) is 0 Å². The Bertz CT molecular complexity index is 1020. The van der Waals surface area contributed by atoms with Crippen LogP contribution in [-0.4, -0.2) is 59.2 Å². The number of aryl methyl sites for hydroxylation is 1. The fourth-order valence-electron chi connectivity index (χ4n) is 2.91. The molecule has 3 rings (SSSR count). The first-order chi connectivity index (χ1) is 15.0. The number of methoxy groups -OCH3 is 1. The molecule has 10 heteroatoms. The van der Waals surface area contributed by atoms with Gasteiger partial charge in [-0.1, -0.05) is 17.7 Å². The zero-order valence-electron chi connectivity index (χ0n) is 17.3. The van der Waals surface area contributed by atoms with Crippen LogP contribution >= 0.6 is 11.6 Å². The number of benzene rings is 1. The number of carbonyl (C=O) groups excluding carboxylic acids is 1. The highest BCUT2D eigenvalue weighted by Gasteiger charge is 2.18. The standard InChI is InChI=1S/C21H24ClN5O4/c1-27-19(18(22)13-25-27)17-11-15(12-24-21(17)31-9-7-23-6-8-28)26-20(29)14-4-3-5-16(10-14)30-2/h3-5,10-13,23,28H,6-9H2,1-2H3,(H,26,29). The lowest BCUT2D eigenvalue weighted by Gasteiger charge is -2.14. The molecular formula is C21H24ClN5O4. The summed E-state index contributed by atoms with van der Waals surface area (Å²) in [6.07, 6.45) is 3.05. The average molecular weight is 446 g/mol. The molecule has 0 aliphatic rings. The number of nitrogens with one attached hydrogen (secondary N) is 2. The highest BCUT2D eigenvalue weighted by atomic mass is 35.5. The topological polar surface area (TPSA) is 111 Å². The molecule has 1 aromatic carbocycles. The molecule has 9 nitrogen and oxygen atoms in total. The predicted octanol–water partition coefficient (Wildman–Crippen LogP) is 2.36. The first-order valence-electron chi connectivity index (χ1n) is 9.61. The van der Waals surface area contributed by atoms with Crippen LogP contribution in [0.5, 0.6) is 11.6 Å². The molecule has 0 unspecified atom stereocenters. The van der Waals surface area contributed by atoms with Crippen molar-refractivity contribution in [2.75, 3.05) is 38.7 Å². The van der Waals surface area contributed by atoms with E-state index in [1.54, 1.807) is 49.2 Å². The Morgan fingerprint density at radius 1 is 1.26 bits per heavy atom. The fourth-order valence-corrected chi connectivity index (χ4v) is 3.18. The maximum Gasteiger partial charge on any atom is 0.255 e. The summed E-state index contributed by atoms with van der Waals surface area (Å²) in [6, 6.07) is 8.60. The van der Waals surface area contributed by atoms with E-state index >= 15 is 0 Å². The number of hydrogen-bond donors (Lipinski definition) is 3. The summed E-state index contributed by atoms with van der Waals surface area (Å²) in [5, 5.41) is 19.3. The number of halogens is 1. The van der Waals surface area contributed by atoms with Gasteiger partial charge in [-0.2, -0.15) is 5.10 Å². The third kappa shape index (κ3) is 5.72. The number of aromatic nitrogens is 3. The van der Waals surface area contributed by atoms with E-state index in [4.69, 9.17) is 26.2 Å². The third-order valence-corrected chi connectivity index (χ3v) is 4.67. The quantitative estimate of drug-likeness (QED) is 0.411. The van der Waals surface area contributed by atoms with E-state index in [-0.39, 0.29) is 12.5 Å². The number of ether oxygens (including phenoxy) is 2. The van der Waals surface area contributed by atoms with Crippen LogP contribution in [0.2, 0.25) is 5.02 Å². The molecule has 0 aliphatic heterocycles. The molecule has 0 bridgehead atoms. The lowest BCUT2D eigenvalue weighted by molar-refractivity contribution is 0.102. The van der Waals surface area contributed by atoms with E-state index in [0.717, 1.165) is 0 Å². The molecule has 0 saturated carbocycles. The normalized spacial score (nSPS) is 10.7. The second-order valence-electron chi connectivity index (χ2n) is 6.55. The summed E-state index contributed by atoms with van der Waals surface area (Å²) in [6.45, 7) is 1.41. The van der Waals surface area contributed by atoms with Crippen molar-refractivity contribution in [1.82, 2.24) is 20.1 Å². The summed E-state index contributed by atoms with van der Waals surface area (Å²) in [4.78, 5) is 17.0. The lowest BCUT2D eigenvalue weighted by Crippen LogP contribution is -2.24. The fraction of sp³-hybridized carbons (Fsp3) is 0.286. The summed E-state index contributed by atoms with van der Waals surface area (Å²) >= 11 is 6.33. The van der Waals surface area contributed by atoms with Crippen molar-refractivity contribution in [3.63, 3.8) is 0 Å². The van der Waals surface area contributed by atoms with Gasteiger partial charge >= 0.3 is 0 Å². The Labute approximate surface area is 185 Å². The molecule has 31 heavy (non-hydrogen) atoms. The summed E-state index contributed by atoms with van der Waals surface area (Å²) in [7, 11) is 3.30. The van der Waals surface area contributed by atoms with Crippen LogP contribution < -0.4 is 20.1 Å². The molecule has 1 amide bonds. The van der Waals surface area contributed by atoms with Crippen molar-refractivity contribution >= 4 is 23.2 Å². The highest BCUT2D eigenvalue weighted by Crippen LogP contribution is 2.35. The van der Waals surface area contributed by atoms with Gasteiger partial charge < -0.3 is 25.2 Å². The maximum atomic E-state index is 12.7. The van der Waals surface area contributed by atoms with E-state index in [9.17, 15) is 4.79 Å². The van der Waals surface area contributed by atoms with Crippen LogP contribution in [0.25, 0.3) is 11.3 Å². The Morgan fingerprint density at radius 3 is 2.81 bits per heavy atom. The molecule has 0 atom stereocenters. The SMILES string of the molecule is COc1cccc(C(=O)Nc2cnc(OCCNCCO)c(-c3c(Cl)cnn3C)c2)c1. The van der Waals surface area contributed by atoms with Crippen LogP contribution in [0.1, 0.15) is 10.4 Å². The average Bonchev–Trinajstić information content (AvgIpc) is 3.12. The van der Waals surface area contributed by atoms with Gasteiger partial charge in [0.05, 0.1) is 48.1 Å². The molecule has 164 valence electrons. The molecular weight excluding hydrogens is 422 g/mol. The van der Waals surface area contributed by atoms with Crippen LogP contribution in [-0.2, 0) is 7.05 Å². The minimum Gasteiger partial charge on any atom is -0.497 e. The Kier molecular flexibility index (Phi) is 7.82. The molecule has 0 aliphatic carbocycles. The zero-order chi connectivity index (χ0) is 22.2.